The number of carbonyl (C=O) groups is 2. The summed E-state index contributed by atoms with van der Waals surface area (Å²) in [5.74, 6) is -0.444. The van der Waals surface area contributed by atoms with Crippen LogP contribution in [0.15, 0.2) is 34.8 Å². The number of anilines is 2. The lowest BCUT2D eigenvalue weighted by Gasteiger charge is -2.18. The van der Waals surface area contributed by atoms with Crippen LogP contribution in [0.4, 0.5) is 11.4 Å². The van der Waals surface area contributed by atoms with Crippen molar-refractivity contribution in [3.8, 4) is 0 Å². The van der Waals surface area contributed by atoms with Crippen molar-refractivity contribution in [3.63, 3.8) is 0 Å². The van der Waals surface area contributed by atoms with Crippen molar-refractivity contribution in [2.45, 2.75) is 34.1 Å². The Kier molecular flexibility index (Phi) is 5.19. The Labute approximate surface area is 162 Å². The number of nitrogens with zero attached hydrogens (tertiary/aromatic N) is 1. The topological polar surface area (TPSA) is 49.4 Å². The summed E-state index contributed by atoms with van der Waals surface area (Å²) in [5, 5.41) is 3.04. The van der Waals surface area contributed by atoms with Gasteiger partial charge in [0, 0.05) is 28.8 Å². The first-order valence-corrected chi connectivity index (χ1v) is 9.51. The molecule has 1 atom stereocenters. The summed E-state index contributed by atoms with van der Waals surface area (Å²) in [5.41, 5.74) is 6.01. The van der Waals surface area contributed by atoms with E-state index in [9.17, 15) is 9.59 Å². The molecule has 2 aromatic rings. The van der Waals surface area contributed by atoms with E-state index in [1.54, 1.807) is 4.90 Å². The van der Waals surface area contributed by atoms with Gasteiger partial charge in [0.25, 0.3) is 0 Å². The van der Waals surface area contributed by atoms with E-state index < -0.39 is 0 Å². The predicted octanol–water partition coefficient (Wildman–Crippen LogP) is 4.67. The second-order valence-corrected chi connectivity index (χ2v) is 7.96. The summed E-state index contributed by atoms with van der Waals surface area (Å²) >= 11 is 3.48. The molecule has 0 saturated carbocycles. The number of benzene rings is 2. The molecule has 1 heterocycles. The quantitative estimate of drug-likeness (QED) is 0.792. The van der Waals surface area contributed by atoms with Gasteiger partial charge in [0.2, 0.25) is 11.8 Å². The molecule has 5 heteroatoms. The minimum absolute atomic E-state index is 0.00998. The van der Waals surface area contributed by atoms with Gasteiger partial charge in [0.15, 0.2) is 0 Å². The van der Waals surface area contributed by atoms with Crippen molar-refractivity contribution in [1.82, 2.24) is 0 Å². The lowest BCUT2D eigenvalue weighted by Crippen LogP contribution is -2.28. The average molecular weight is 415 g/mol. The average Bonchev–Trinajstić information content (AvgIpc) is 2.95. The zero-order chi connectivity index (χ0) is 19.0. The van der Waals surface area contributed by atoms with E-state index >= 15 is 0 Å². The molecule has 1 unspecified atom stereocenters. The molecule has 1 fully saturated rings. The minimum Gasteiger partial charge on any atom is -0.325 e. The van der Waals surface area contributed by atoms with Crippen LogP contribution in [0, 0.1) is 33.6 Å². The van der Waals surface area contributed by atoms with E-state index in [0.29, 0.717) is 6.54 Å². The summed E-state index contributed by atoms with van der Waals surface area (Å²) in [4.78, 5) is 26.9. The highest BCUT2D eigenvalue weighted by Crippen LogP contribution is 2.30. The first-order valence-electron chi connectivity index (χ1n) is 8.71. The van der Waals surface area contributed by atoms with Gasteiger partial charge in [-0.05, 0) is 62.6 Å². The molecule has 0 aliphatic carbocycles. The highest BCUT2D eigenvalue weighted by Gasteiger charge is 2.35. The Hall–Kier alpha value is -2.14. The van der Waals surface area contributed by atoms with E-state index in [-0.39, 0.29) is 24.2 Å². The lowest BCUT2D eigenvalue weighted by atomic mass is 10.0. The molecule has 26 heavy (non-hydrogen) atoms. The summed E-state index contributed by atoms with van der Waals surface area (Å²) in [7, 11) is 0. The molecule has 0 aromatic heterocycles. The first-order chi connectivity index (χ1) is 12.3. The Morgan fingerprint density at radius 2 is 1.73 bits per heavy atom. The lowest BCUT2D eigenvalue weighted by molar-refractivity contribution is -0.122. The van der Waals surface area contributed by atoms with E-state index in [0.717, 1.165) is 32.5 Å². The fraction of sp³-hybridized carbons (Fsp3) is 0.333. The molecule has 0 radical (unpaired) electrons. The second kappa shape index (κ2) is 7.23. The van der Waals surface area contributed by atoms with Gasteiger partial charge in [-0.2, -0.15) is 0 Å². The van der Waals surface area contributed by atoms with Gasteiger partial charge in [-0.1, -0.05) is 33.6 Å². The molecule has 1 aliphatic rings. The largest absolute Gasteiger partial charge is 0.325 e. The van der Waals surface area contributed by atoms with Crippen molar-refractivity contribution >= 4 is 39.1 Å². The van der Waals surface area contributed by atoms with Gasteiger partial charge < -0.3 is 10.2 Å². The van der Waals surface area contributed by atoms with Gasteiger partial charge in [-0.25, -0.2) is 0 Å². The van der Waals surface area contributed by atoms with E-state index in [1.165, 1.54) is 5.56 Å². The second-order valence-electron chi connectivity index (χ2n) is 7.10. The van der Waals surface area contributed by atoms with Crippen molar-refractivity contribution < 1.29 is 9.59 Å². The van der Waals surface area contributed by atoms with Gasteiger partial charge in [-0.3, -0.25) is 9.59 Å². The molecule has 4 nitrogen and oxygen atoms in total. The summed E-state index contributed by atoms with van der Waals surface area (Å²) < 4.78 is 1.01. The van der Waals surface area contributed by atoms with Crippen LogP contribution in [0.1, 0.15) is 28.7 Å². The number of hydrogen-bond donors (Lipinski definition) is 1. The maximum atomic E-state index is 12.8. The van der Waals surface area contributed by atoms with Crippen LogP contribution in [-0.4, -0.2) is 18.4 Å². The van der Waals surface area contributed by atoms with E-state index in [4.69, 9.17) is 0 Å². The summed E-state index contributed by atoms with van der Waals surface area (Å²) in [6.07, 6.45) is 0.241. The van der Waals surface area contributed by atoms with Crippen molar-refractivity contribution in [2.24, 2.45) is 5.92 Å². The van der Waals surface area contributed by atoms with E-state index in [1.807, 2.05) is 45.9 Å². The molecule has 2 aromatic carbocycles. The molecule has 2 amide bonds. The van der Waals surface area contributed by atoms with Crippen LogP contribution in [0.2, 0.25) is 0 Å². The summed E-state index contributed by atoms with van der Waals surface area (Å²) in [6.45, 7) is 8.43. The molecule has 3 rings (SSSR count). The fourth-order valence-corrected chi connectivity index (χ4v) is 3.78. The SMILES string of the molecule is Cc1cc(C)c(NC(=O)C2CC(=O)N(c3ccc(Br)c(C)c3)C2)c(C)c1. The van der Waals surface area contributed by atoms with Crippen LogP contribution in [0.5, 0.6) is 0 Å². The third kappa shape index (κ3) is 3.68. The molecule has 136 valence electrons. The number of rotatable bonds is 3. The number of aryl methyl sites for hydroxylation is 4. The Morgan fingerprint density at radius 1 is 1.08 bits per heavy atom. The zero-order valence-electron chi connectivity index (χ0n) is 15.5. The Balaban J connectivity index is 1.76. The van der Waals surface area contributed by atoms with Crippen LogP contribution in [0.3, 0.4) is 0 Å². The maximum absolute atomic E-state index is 12.8. The van der Waals surface area contributed by atoms with Crippen LogP contribution in [-0.2, 0) is 9.59 Å². The number of amides is 2. The highest BCUT2D eigenvalue weighted by atomic mass is 79.9. The number of halogens is 1. The van der Waals surface area contributed by atoms with Crippen molar-refractivity contribution in [2.75, 3.05) is 16.8 Å². The molecular weight excluding hydrogens is 392 g/mol. The van der Waals surface area contributed by atoms with Crippen molar-refractivity contribution in [1.29, 1.82) is 0 Å². The molecule has 0 spiro atoms. The summed E-state index contributed by atoms with van der Waals surface area (Å²) in [6, 6.07) is 9.92. The number of hydrogen-bond acceptors (Lipinski definition) is 2. The van der Waals surface area contributed by atoms with E-state index in [2.05, 4.69) is 33.4 Å². The maximum Gasteiger partial charge on any atom is 0.229 e. The minimum atomic E-state index is -0.341. The smallest absolute Gasteiger partial charge is 0.229 e. The molecular formula is C21H23BrN2O2. The van der Waals surface area contributed by atoms with Crippen LogP contribution in [0.25, 0.3) is 0 Å². The Bertz CT molecular complexity index is 869. The highest BCUT2D eigenvalue weighted by molar-refractivity contribution is 9.10. The predicted molar refractivity (Wildman–Crippen MR) is 109 cm³/mol. The van der Waals surface area contributed by atoms with Gasteiger partial charge >= 0.3 is 0 Å². The molecule has 0 bridgehead atoms. The molecule has 1 saturated heterocycles. The van der Waals surface area contributed by atoms with Gasteiger partial charge in [-0.15, -0.1) is 0 Å². The van der Waals surface area contributed by atoms with Crippen LogP contribution < -0.4 is 10.2 Å². The fourth-order valence-electron chi connectivity index (χ4n) is 3.53. The zero-order valence-corrected chi connectivity index (χ0v) is 17.1. The standard InChI is InChI=1S/C21H23BrN2O2/c1-12-7-14(3)20(15(4)8-12)23-21(26)16-10-19(25)24(11-16)17-5-6-18(22)13(2)9-17/h5-9,16H,10-11H2,1-4H3,(H,23,26). The first kappa shape index (κ1) is 18.6. The monoisotopic (exact) mass is 414 g/mol. The third-order valence-corrected chi connectivity index (χ3v) is 5.76. The van der Waals surface area contributed by atoms with Crippen molar-refractivity contribution in [3.05, 3.63) is 57.1 Å². The third-order valence-electron chi connectivity index (χ3n) is 4.87. The normalized spacial score (nSPS) is 16.9. The number of carbonyl (C=O) groups excluding carboxylic acids is 2. The number of nitrogens with one attached hydrogen (secondary N) is 1. The van der Waals surface area contributed by atoms with Gasteiger partial charge in [0.05, 0.1) is 5.92 Å². The Morgan fingerprint density at radius 3 is 2.35 bits per heavy atom. The molecule has 1 aliphatic heterocycles. The van der Waals surface area contributed by atoms with Crippen LogP contribution >= 0.6 is 15.9 Å². The van der Waals surface area contributed by atoms with Gasteiger partial charge in [0.1, 0.15) is 0 Å². The molecule has 1 N–H and O–H groups in total.